The summed E-state index contributed by atoms with van der Waals surface area (Å²) < 4.78 is 45.1. The number of para-hydroxylation sites is 1. The second-order valence-electron chi connectivity index (χ2n) is 5.94. The Labute approximate surface area is 141 Å². The van der Waals surface area contributed by atoms with Gasteiger partial charge in [-0.05, 0) is 31.4 Å². The molecule has 0 fully saturated rings. The smallest absolute Gasteiger partial charge is 0.419 e. The monoisotopic (exact) mass is 354 g/mol. The highest BCUT2D eigenvalue weighted by Crippen LogP contribution is 2.35. The Hall–Kier alpha value is -2.35. The molecule has 3 rings (SSSR count). The summed E-state index contributed by atoms with van der Waals surface area (Å²) in [6.07, 6.45) is -2.01. The second-order valence-corrected chi connectivity index (χ2v) is 5.94. The molecule has 1 N–H and O–H groups in total. The van der Waals surface area contributed by atoms with E-state index in [2.05, 4.69) is 4.98 Å². The summed E-state index contributed by atoms with van der Waals surface area (Å²) in [6, 6.07) is 4.79. The zero-order chi connectivity index (χ0) is 18.0. The predicted molar refractivity (Wildman–Crippen MR) is 83.5 cm³/mol. The van der Waals surface area contributed by atoms with Crippen LogP contribution in [-0.4, -0.2) is 27.4 Å². The van der Waals surface area contributed by atoms with Crippen molar-refractivity contribution < 1.29 is 23.0 Å². The highest BCUT2D eigenvalue weighted by atomic mass is 19.4. The van der Waals surface area contributed by atoms with E-state index in [-0.39, 0.29) is 24.5 Å². The lowest BCUT2D eigenvalue weighted by Crippen LogP contribution is -2.32. The number of hydrogen-bond donors (Lipinski definition) is 1. The largest absolute Gasteiger partial charge is 0.490 e. The van der Waals surface area contributed by atoms with Crippen molar-refractivity contribution in [1.82, 2.24) is 9.55 Å². The Morgan fingerprint density at radius 1 is 1.28 bits per heavy atom. The summed E-state index contributed by atoms with van der Waals surface area (Å²) >= 11 is 0. The van der Waals surface area contributed by atoms with Crippen LogP contribution in [0.3, 0.4) is 0 Å². The molecule has 1 aliphatic carbocycles. The summed E-state index contributed by atoms with van der Waals surface area (Å²) in [5.41, 5.74) is 0.319. The number of halogens is 3. The summed E-state index contributed by atoms with van der Waals surface area (Å²) in [7, 11) is 0. The highest BCUT2D eigenvalue weighted by molar-refractivity contribution is 5.35. The van der Waals surface area contributed by atoms with Crippen molar-refractivity contribution in [2.75, 3.05) is 6.61 Å². The minimum atomic E-state index is -4.54. The molecule has 1 heterocycles. The van der Waals surface area contributed by atoms with Crippen molar-refractivity contribution in [2.24, 2.45) is 0 Å². The fraction of sp³-hybridized carbons (Fsp3) is 0.412. The maximum Gasteiger partial charge on any atom is 0.419 e. The van der Waals surface area contributed by atoms with Crippen LogP contribution in [0.2, 0.25) is 0 Å². The van der Waals surface area contributed by atoms with E-state index in [1.807, 2.05) is 0 Å². The molecule has 2 aromatic rings. The van der Waals surface area contributed by atoms with Gasteiger partial charge in [-0.15, -0.1) is 0 Å². The summed E-state index contributed by atoms with van der Waals surface area (Å²) in [5, 5.41) is 10.0. The van der Waals surface area contributed by atoms with Crippen molar-refractivity contribution in [1.29, 1.82) is 0 Å². The van der Waals surface area contributed by atoms with E-state index >= 15 is 0 Å². The first-order valence-electron chi connectivity index (χ1n) is 7.90. The molecule has 134 valence electrons. The Morgan fingerprint density at radius 2 is 2.04 bits per heavy atom. The van der Waals surface area contributed by atoms with Crippen LogP contribution in [-0.2, 0) is 25.6 Å². The summed E-state index contributed by atoms with van der Waals surface area (Å²) in [4.78, 5) is 16.5. The van der Waals surface area contributed by atoms with Crippen molar-refractivity contribution in [3.63, 3.8) is 0 Å². The number of hydrogen-bond acceptors (Lipinski definition) is 4. The van der Waals surface area contributed by atoms with Crippen LogP contribution in [0.25, 0.3) is 0 Å². The molecule has 0 radical (unpaired) electrons. The van der Waals surface area contributed by atoms with Crippen molar-refractivity contribution in [3.05, 3.63) is 57.8 Å². The number of aliphatic hydroxyl groups is 1. The number of rotatable bonds is 5. The Balaban J connectivity index is 1.67. The second kappa shape index (κ2) is 6.87. The molecular weight excluding hydrogens is 337 g/mol. The van der Waals surface area contributed by atoms with E-state index in [9.17, 15) is 23.1 Å². The number of alkyl halides is 3. The minimum Gasteiger partial charge on any atom is -0.490 e. The van der Waals surface area contributed by atoms with Gasteiger partial charge in [0.1, 0.15) is 18.5 Å². The molecule has 25 heavy (non-hydrogen) atoms. The number of ether oxygens (including phenoxy) is 1. The molecule has 1 unspecified atom stereocenters. The molecule has 1 aromatic heterocycles. The molecule has 8 heteroatoms. The topological polar surface area (TPSA) is 64.4 Å². The molecule has 0 spiro atoms. The highest BCUT2D eigenvalue weighted by Gasteiger charge is 2.34. The Kier molecular flexibility index (Phi) is 4.80. The van der Waals surface area contributed by atoms with Gasteiger partial charge >= 0.3 is 6.18 Å². The lowest BCUT2D eigenvalue weighted by Gasteiger charge is -2.17. The summed E-state index contributed by atoms with van der Waals surface area (Å²) in [6.45, 7) is -0.454. The van der Waals surface area contributed by atoms with Gasteiger partial charge in [-0.25, -0.2) is 4.98 Å². The van der Waals surface area contributed by atoms with Gasteiger partial charge in [-0.1, -0.05) is 12.1 Å². The normalized spacial score (nSPS) is 15.0. The number of nitrogens with zero attached hydrogens (tertiary/aromatic N) is 2. The third-order valence-electron chi connectivity index (χ3n) is 4.09. The van der Waals surface area contributed by atoms with Crippen LogP contribution in [0, 0.1) is 0 Å². The molecule has 1 aromatic carbocycles. The number of aromatic nitrogens is 2. The molecule has 0 saturated heterocycles. The van der Waals surface area contributed by atoms with E-state index in [1.165, 1.54) is 29.1 Å². The van der Waals surface area contributed by atoms with Crippen LogP contribution in [0.1, 0.15) is 23.2 Å². The van der Waals surface area contributed by atoms with Gasteiger partial charge in [0.15, 0.2) is 0 Å². The zero-order valence-electron chi connectivity index (χ0n) is 13.3. The van der Waals surface area contributed by atoms with Gasteiger partial charge in [-0.3, -0.25) is 9.36 Å². The molecule has 1 aliphatic rings. The van der Waals surface area contributed by atoms with Gasteiger partial charge in [0.25, 0.3) is 5.56 Å². The van der Waals surface area contributed by atoms with Crippen molar-refractivity contribution in [3.8, 4) is 5.75 Å². The van der Waals surface area contributed by atoms with Crippen LogP contribution in [0.4, 0.5) is 13.2 Å². The fourth-order valence-corrected chi connectivity index (χ4v) is 2.89. The van der Waals surface area contributed by atoms with E-state index in [4.69, 9.17) is 4.74 Å². The summed E-state index contributed by atoms with van der Waals surface area (Å²) in [5.74, 6) is -0.353. The SMILES string of the molecule is O=c1c2c(ncn1CC(O)COc1ccccc1C(F)(F)F)CCC2. The predicted octanol–water partition coefficient (Wildman–Crippen LogP) is 2.19. The van der Waals surface area contributed by atoms with E-state index < -0.39 is 17.8 Å². The number of benzene rings is 1. The van der Waals surface area contributed by atoms with Crippen molar-refractivity contribution >= 4 is 0 Å². The lowest BCUT2D eigenvalue weighted by atomic mass is 10.2. The first-order chi connectivity index (χ1) is 11.9. The van der Waals surface area contributed by atoms with E-state index in [0.29, 0.717) is 12.0 Å². The van der Waals surface area contributed by atoms with Gasteiger partial charge in [0, 0.05) is 5.56 Å². The number of fused-ring (bicyclic) bond motifs is 1. The molecule has 0 amide bonds. The van der Waals surface area contributed by atoms with Crippen LogP contribution in [0.5, 0.6) is 5.75 Å². The maximum absolute atomic E-state index is 12.9. The van der Waals surface area contributed by atoms with Crippen LogP contribution < -0.4 is 10.3 Å². The molecule has 0 saturated carbocycles. The maximum atomic E-state index is 12.9. The van der Waals surface area contributed by atoms with E-state index in [0.717, 1.165) is 24.6 Å². The standard InChI is InChI=1S/C17H17F3N2O3/c18-17(19,20)13-5-1-2-7-15(13)25-9-11(23)8-22-10-21-14-6-3-4-12(14)16(22)24/h1-2,5,7,10-11,23H,3-4,6,8-9H2. The minimum absolute atomic E-state index is 0.0900. The Bertz CT molecular complexity index is 818. The first kappa shape index (κ1) is 17.5. The van der Waals surface area contributed by atoms with Crippen LogP contribution >= 0.6 is 0 Å². The van der Waals surface area contributed by atoms with Gasteiger partial charge in [-0.2, -0.15) is 13.2 Å². The fourth-order valence-electron chi connectivity index (χ4n) is 2.89. The molecule has 0 aliphatic heterocycles. The van der Waals surface area contributed by atoms with Gasteiger partial charge in [0.2, 0.25) is 0 Å². The number of aliphatic hydroxyl groups excluding tert-OH is 1. The molecule has 1 atom stereocenters. The third-order valence-corrected chi connectivity index (χ3v) is 4.09. The molecular formula is C17H17F3N2O3. The molecule has 0 bridgehead atoms. The molecule has 5 nitrogen and oxygen atoms in total. The first-order valence-corrected chi connectivity index (χ1v) is 7.90. The quantitative estimate of drug-likeness (QED) is 0.894. The van der Waals surface area contributed by atoms with Gasteiger partial charge < -0.3 is 9.84 Å². The number of aryl methyl sites for hydroxylation is 1. The Morgan fingerprint density at radius 3 is 2.80 bits per heavy atom. The zero-order valence-corrected chi connectivity index (χ0v) is 13.3. The third kappa shape index (κ3) is 3.84. The average molecular weight is 354 g/mol. The van der Waals surface area contributed by atoms with Gasteiger partial charge in [0.05, 0.1) is 24.1 Å². The van der Waals surface area contributed by atoms with Crippen molar-refractivity contribution in [2.45, 2.75) is 38.1 Å². The average Bonchev–Trinajstić information content (AvgIpc) is 3.04. The lowest BCUT2D eigenvalue weighted by molar-refractivity contribution is -0.139. The van der Waals surface area contributed by atoms with Crippen LogP contribution in [0.15, 0.2) is 35.4 Å². The van der Waals surface area contributed by atoms with E-state index in [1.54, 1.807) is 0 Å².